The molecule has 0 fully saturated rings. The van der Waals surface area contributed by atoms with Crippen LogP contribution in [0.2, 0.25) is 0 Å². The molecule has 4 aromatic rings. The summed E-state index contributed by atoms with van der Waals surface area (Å²) in [6, 6.07) is 25.3. The van der Waals surface area contributed by atoms with Gasteiger partial charge in [0.25, 0.3) is 0 Å². The first-order valence-electron chi connectivity index (χ1n) is 16.7. The van der Waals surface area contributed by atoms with Crippen LogP contribution in [0, 0.1) is 23.3 Å². The average molecular weight is 839 g/mol. The van der Waals surface area contributed by atoms with E-state index in [2.05, 4.69) is 108 Å². The molecule has 0 amide bonds. The predicted octanol–water partition coefficient (Wildman–Crippen LogP) is 12.2. The van der Waals surface area contributed by atoms with Crippen molar-refractivity contribution >= 4 is 27.5 Å². The summed E-state index contributed by atoms with van der Waals surface area (Å²) in [6.07, 6.45) is -2.07. The third kappa shape index (κ3) is 11.6. The molecule has 1 atom stereocenters. The number of ketones is 1. The Morgan fingerprint density at radius 2 is 1.42 bits per heavy atom. The van der Waals surface area contributed by atoms with Gasteiger partial charge in [-0.05, 0) is 48.1 Å². The molecule has 0 aliphatic rings. The molecule has 7 heteroatoms. The summed E-state index contributed by atoms with van der Waals surface area (Å²) in [5.74, 6) is -2.00. The van der Waals surface area contributed by atoms with E-state index in [4.69, 9.17) is 4.98 Å². The minimum absolute atomic E-state index is 0. The van der Waals surface area contributed by atoms with Crippen LogP contribution in [0.25, 0.3) is 32.9 Å². The number of para-hydroxylation sites is 1. The molecule has 1 heterocycles. The fraction of sp³-hybridized carbons (Fsp3) is 0.463. The number of rotatable bonds is 9. The van der Waals surface area contributed by atoms with E-state index in [0.29, 0.717) is 12.8 Å². The predicted molar refractivity (Wildman–Crippen MR) is 190 cm³/mol. The molecule has 4 rings (SSSR count). The van der Waals surface area contributed by atoms with E-state index in [9.17, 15) is 23.1 Å². The van der Waals surface area contributed by atoms with Crippen molar-refractivity contribution in [1.82, 2.24) is 4.98 Å². The van der Waals surface area contributed by atoms with Crippen molar-refractivity contribution in [2.75, 3.05) is 0 Å². The SMILES string of the molecule is CC(C)(C)Cc1cc(-c2[c-]c3ccccc3c(C(C)(C)C)c2)nc2ccccc12.CCC(CC(F)(F)F)C(=O)/C=C(\O)C(CC)CC.[Ir]. The number of hydrogen-bond donors (Lipinski definition) is 1. The van der Waals surface area contributed by atoms with Crippen molar-refractivity contribution in [2.45, 2.75) is 106 Å². The van der Waals surface area contributed by atoms with Crippen molar-refractivity contribution in [1.29, 1.82) is 0 Å². The third-order valence-corrected chi connectivity index (χ3v) is 8.45. The molecule has 1 N–H and O–H groups in total. The van der Waals surface area contributed by atoms with Gasteiger partial charge < -0.3 is 5.11 Å². The van der Waals surface area contributed by atoms with Crippen LogP contribution in [0.5, 0.6) is 0 Å². The van der Waals surface area contributed by atoms with Crippen LogP contribution >= 0.6 is 0 Å². The Morgan fingerprint density at radius 3 is 1.96 bits per heavy atom. The van der Waals surface area contributed by atoms with Crippen LogP contribution < -0.4 is 0 Å². The summed E-state index contributed by atoms with van der Waals surface area (Å²) >= 11 is 0. The molecule has 3 aromatic carbocycles. The molecule has 263 valence electrons. The van der Waals surface area contributed by atoms with E-state index < -0.39 is 24.3 Å². The van der Waals surface area contributed by atoms with E-state index >= 15 is 0 Å². The molecule has 3 nitrogen and oxygen atoms in total. The second-order valence-corrected chi connectivity index (χ2v) is 14.7. The van der Waals surface area contributed by atoms with E-state index in [1.165, 1.54) is 28.8 Å². The standard InChI is InChI=1S/C28H30N.C13H21F3O2.Ir/c1-27(2,3)18-21-17-26(29-25-14-10-9-13-23(21)25)20-15-19-11-7-8-12-22(19)24(16-20)28(4,5)6;1-4-9(5-2)11(17)7-12(18)10(6-3)8-13(14,15)16;/h7-14,16-17H,18H2,1-6H3;7,9-10,17H,4-6,8H2,1-3H3;/q-1;;/b;11-7-;. The largest absolute Gasteiger partial charge is 0.512 e. The van der Waals surface area contributed by atoms with Gasteiger partial charge in [-0.2, -0.15) is 13.2 Å². The number of allylic oxidation sites excluding steroid dienone is 2. The van der Waals surface area contributed by atoms with Gasteiger partial charge in [-0.1, -0.05) is 116 Å². The van der Waals surface area contributed by atoms with Crippen LogP contribution in [0.1, 0.15) is 99.1 Å². The number of alkyl halides is 3. The zero-order valence-electron chi connectivity index (χ0n) is 29.8. The molecule has 1 unspecified atom stereocenters. The molecule has 0 aliphatic heterocycles. The number of hydrogen-bond acceptors (Lipinski definition) is 3. The molecule has 1 aromatic heterocycles. The molecular formula is C41H51F3IrNO2-. The van der Waals surface area contributed by atoms with Crippen molar-refractivity contribution in [3.8, 4) is 11.3 Å². The number of halogens is 3. The van der Waals surface area contributed by atoms with E-state index in [-0.39, 0.29) is 49.0 Å². The molecule has 0 saturated heterocycles. The first-order valence-corrected chi connectivity index (χ1v) is 16.7. The zero-order chi connectivity index (χ0) is 35.2. The minimum Gasteiger partial charge on any atom is -0.512 e. The molecule has 0 spiro atoms. The summed E-state index contributed by atoms with van der Waals surface area (Å²) < 4.78 is 36.7. The quantitative estimate of drug-likeness (QED) is 0.104. The van der Waals surface area contributed by atoms with Gasteiger partial charge in [0.05, 0.1) is 17.7 Å². The summed E-state index contributed by atoms with van der Waals surface area (Å²) in [6.45, 7) is 19.0. The van der Waals surface area contributed by atoms with E-state index in [1.807, 2.05) is 13.8 Å². The van der Waals surface area contributed by atoms with Gasteiger partial charge in [0, 0.05) is 49.1 Å². The van der Waals surface area contributed by atoms with Crippen LogP contribution in [0.4, 0.5) is 13.2 Å². The monoisotopic (exact) mass is 839 g/mol. The maximum Gasteiger partial charge on any atom is 0.389 e. The Hall–Kier alpha value is -3.02. The van der Waals surface area contributed by atoms with E-state index in [0.717, 1.165) is 34.7 Å². The number of carbonyl (C=O) groups excluding carboxylic acids is 1. The van der Waals surface area contributed by atoms with Gasteiger partial charge in [0.2, 0.25) is 0 Å². The molecule has 1 radical (unpaired) electrons. The average Bonchev–Trinajstić information content (AvgIpc) is 2.98. The fourth-order valence-corrected chi connectivity index (χ4v) is 5.91. The van der Waals surface area contributed by atoms with Crippen LogP contribution in [0.15, 0.2) is 72.5 Å². The Kier molecular flexibility index (Phi) is 14.6. The van der Waals surface area contributed by atoms with Crippen molar-refractivity contribution in [2.24, 2.45) is 17.3 Å². The van der Waals surface area contributed by atoms with Crippen LogP contribution in [-0.4, -0.2) is 22.1 Å². The minimum atomic E-state index is -4.35. The van der Waals surface area contributed by atoms with Crippen LogP contribution in [-0.2, 0) is 36.7 Å². The Labute approximate surface area is 298 Å². The number of aromatic nitrogens is 1. The number of nitrogens with zero attached hydrogens (tertiary/aromatic N) is 1. The molecular weight excluding hydrogens is 788 g/mol. The summed E-state index contributed by atoms with van der Waals surface area (Å²) in [5.41, 5.74) is 6.11. The first-order chi connectivity index (χ1) is 21.9. The number of aliphatic hydroxyl groups is 1. The fourth-order valence-electron chi connectivity index (χ4n) is 5.91. The third-order valence-electron chi connectivity index (χ3n) is 8.45. The van der Waals surface area contributed by atoms with Gasteiger partial charge in [-0.3, -0.25) is 9.78 Å². The smallest absolute Gasteiger partial charge is 0.389 e. The summed E-state index contributed by atoms with van der Waals surface area (Å²) in [5, 5.41) is 13.4. The second-order valence-electron chi connectivity index (χ2n) is 14.7. The normalized spacial score (nSPS) is 13.2. The number of pyridine rings is 1. The molecule has 0 saturated carbocycles. The Bertz CT molecular complexity index is 1690. The topological polar surface area (TPSA) is 50.2 Å². The van der Waals surface area contributed by atoms with Crippen molar-refractivity contribution in [3.63, 3.8) is 0 Å². The van der Waals surface area contributed by atoms with Gasteiger partial charge in [-0.25, -0.2) is 0 Å². The molecule has 0 bridgehead atoms. The molecule has 0 aliphatic carbocycles. The number of fused-ring (bicyclic) bond motifs is 2. The zero-order valence-corrected chi connectivity index (χ0v) is 32.2. The van der Waals surface area contributed by atoms with Gasteiger partial charge >= 0.3 is 6.18 Å². The van der Waals surface area contributed by atoms with E-state index in [1.54, 1.807) is 0 Å². The Balaban J connectivity index is 0.000000368. The first kappa shape index (κ1) is 41.2. The molecule has 48 heavy (non-hydrogen) atoms. The maximum absolute atomic E-state index is 12.2. The second kappa shape index (κ2) is 17.1. The number of benzene rings is 3. The number of carbonyl (C=O) groups is 1. The summed E-state index contributed by atoms with van der Waals surface area (Å²) in [4.78, 5) is 16.7. The van der Waals surface area contributed by atoms with Gasteiger partial charge in [-0.15, -0.1) is 29.1 Å². The van der Waals surface area contributed by atoms with Crippen molar-refractivity contribution < 1.29 is 43.2 Å². The summed E-state index contributed by atoms with van der Waals surface area (Å²) in [7, 11) is 0. The number of aliphatic hydroxyl groups excluding tert-OH is 1. The van der Waals surface area contributed by atoms with Gasteiger partial charge in [0.15, 0.2) is 5.78 Å². The van der Waals surface area contributed by atoms with Crippen molar-refractivity contribution in [3.05, 3.63) is 89.7 Å². The van der Waals surface area contributed by atoms with Gasteiger partial charge in [0.1, 0.15) is 0 Å². The maximum atomic E-state index is 12.2. The van der Waals surface area contributed by atoms with Crippen LogP contribution in [0.3, 0.4) is 0 Å². The Morgan fingerprint density at radius 1 is 0.854 bits per heavy atom.